The maximum atomic E-state index is 6.11. The van der Waals surface area contributed by atoms with Gasteiger partial charge in [0.05, 0.1) is 11.2 Å². The van der Waals surface area contributed by atoms with Crippen molar-refractivity contribution in [3.8, 4) is 0 Å². The first-order chi connectivity index (χ1) is 6.54. The van der Waals surface area contributed by atoms with Crippen molar-refractivity contribution in [1.29, 1.82) is 0 Å². The lowest BCUT2D eigenvalue weighted by atomic mass is 9.89. The van der Waals surface area contributed by atoms with E-state index in [-0.39, 0.29) is 5.54 Å². The largest absolute Gasteiger partial charge is 0.344 e. The van der Waals surface area contributed by atoms with E-state index in [2.05, 4.69) is 30.7 Å². The van der Waals surface area contributed by atoms with E-state index in [0.717, 1.165) is 30.3 Å². The Bertz CT molecular complexity index is 320. The molecule has 0 spiro atoms. The number of rotatable bonds is 2. The summed E-state index contributed by atoms with van der Waals surface area (Å²) in [6.45, 7) is 8.23. The number of aromatic nitrogens is 1. The van der Waals surface area contributed by atoms with E-state index < -0.39 is 0 Å². The van der Waals surface area contributed by atoms with Gasteiger partial charge in [-0.1, -0.05) is 6.92 Å². The fourth-order valence-electron chi connectivity index (χ4n) is 1.66. The lowest BCUT2D eigenvalue weighted by molar-refractivity contribution is 0.322. The van der Waals surface area contributed by atoms with Gasteiger partial charge in [0, 0.05) is 18.0 Å². The smallest absolute Gasteiger partial charge is 0.185 e. The molecule has 1 aliphatic rings. The second-order valence-electron chi connectivity index (χ2n) is 4.21. The van der Waals surface area contributed by atoms with E-state index in [0.29, 0.717) is 0 Å². The van der Waals surface area contributed by atoms with E-state index in [1.807, 2.05) is 0 Å². The monoisotopic (exact) mass is 211 g/mol. The van der Waals surface area contributed by atoms with Gasteiger partial charge >= 0.3 is 0 Å². The summed E-state index contributed by atoms with van der Waals surface area (Å²) in [6, 6.07) is 0. The Labute approximate surface area is 88.9 Å². The molecule has 2 rings (SSSR count). The number of nitrogens with two attached hydrogens (primary N) is 1. The Morgan fingerprint density at radius 1 is 1.50 bits per heavy atom. The van der Waals surface area contributed by atoms with Crippen LogP contribution in [0.25, 0.3) is 0 Å². The summed E-state index contributed by atoms with van der Waals surface area (Å²) < 4.78 is 0. The van der Waals surface area contributed by atoms with Crippen molar-refractivity contribution in [3.05, 3.63) is 10.6 Å². The Morgan fingerprint density at radius 2 is 2.14 bits per heavy atom. The van der Waals surface area contributed by atoms with Crippen LogP contribution in [0.1, 0.15) is 23.9 Å². The van der Waals surface area contributed by atoms with Gasteiger partial charge in [0.1, 0.15) is 0 Å². The predicted octanol–water partition coefficient (Wildman–Crippen LogP) is 1.69. The molecule has 0 bridgehead atoms. The molecular formula is C10H17N3S. The number of thiazole rings is 1. The third-order valence-corrected chi connectivity index (χ3v) is 4.14. The van der Waals surface area contributed by atoms with Crippen LogP contribution in [0.15, 0.2) is 0 Å². The van der Waals surface area contributed by atoms with Gasteiger partial charge < -0.3 is 10.6 Å². The maximum Gasteiger partial charge on any atom is 0.185 e. The maximum absolute atomic E-state index is 6.11. The molecule has 0 amide bonds. The molecule has 0 aromatic carbocycles. The van der Waals surface area contributed by atoms with Gasteiger partial charge in [-0.2, -0.15) is 0 Å². The molecule has 1 aromatic heterocycles. The van der Waals surface area contributed by atoms with Crippen LogP contribution in [0.3, 0.4) is 0 Å². The van der Waals surface area contributed by atoms with Crippen molar-refractivity contribution in [1.82, 2.24) is 4.98 Å². The van der Waals surface area contributed by atoms with E-state index >= 15 is 0 Å². The molecular weight excluding hydrogens is 194 g/mol. The topological polar surface area (TPSA) is 42.1 Å². The van der Waals surface area contributed by atoms with E-state index in [1.54, 1.807) is 11.3 Å². The van der Waals surface area contributed by atoms with Crippen molar-refractivity contribution in [2.24, 2.45) is 5.73 Å². The third-order valence-electron chi connectivity index (χ3n) is 3.00. The molecule has 1 saturated heterocycles. The van der Waals surface area contributed by atoms with Crippen molar-refractivity contribution in [3.63, 3.8) is 0 Å². The molecule has 3 nitrogen and oxygen atoms in total. The zero-order valence-corrected chi connectivity index (χ0v) is 9.82. The van der Waals surface area contributed by atoms with Gasteiger partial charge in [-0.05, 0) is 20.3 Å². The number of hydrogen-bond donors (Lipinski definition) is 1. The first-order valence-corrected chi connectivity index (χ1v) is 5.83. The second-order valence-corrected chi connectivity index (χ2v) is 5.39. The molecule has 2 heterocycles. The van der Waals surface area contributed by atoms with Gasteiger partial charge in [0.15, 0.2) is 5.13 Å². The number of aryl methyl sites for hydroxylation is 2. The highest BCUT2D eigenvalue weighted by Crippen LogP contribution is 2.32. The Hall–Kier alpha value is -0.610. The predicted molar refractivity (Wildman–Crippen MR) is 61.0 cm³/mol. The van der Waals surface area contributed by atoms with Gasteiger partial charge in [0.25, 0.3) is 0 Å². The van der Waals surface area contributed by atoms with Crippen LogP contribution in [0.4, 0.5) is 5.13 Å². The summed E-state index contributed by atoms with van der Waals surface area (Å²) >= 11 is 1.77. The number of anilines is 1. The quantitative estimate of drug-likeness (QED) is 0.809. The minimum atomic E-state index is 0.0352. The van der Waals surface area contributed by atoms with Gasteiger partial charge in [-0.15, -0.1) is 11.3 Å². The average Bonchev–Trinajstić information content (AvgIpc) is 2.41. The van der Waals surface area contributed by atoms with Crippen LogP contribution in [0.2, 0.25) is 0 Å². The van der Waals surface area contributed by atoms with Crippen molar-refractivity contribution in [2.45, 2.75) is 32.7 Å². The van der Waals surface area contributed by atoms with E-state index in [9.17, 15) is 0 Å². The van der Waals surface area contributed by atoms with Crippen LogP contribution >= 0.6 is 11.3 Å². The molecule has 2 N–H and O–H groups in total. The molecule has 1 aromatic rings. The van der Waals surface area contributed by atoms with Gasteiger partial charge in [-0.25, -0.2) is 4.98 Å². The highest BCUT2D eigenvalue weighted by Gasteiger charge is 2.39. The molecule has 1 fully saturated rings. The highest BCUT2D eigenvalue weighted by molar-refractivity contribution is 7.15. The summed E-state index contributed by atoms with van der Waals surface area (Å²) in [5, 5.41) is 1.13. The van der Waals surface area contributed by atoms with Crippen molar-refractivity contribution < 1.29 is 0 Å². The summed E-state index contributed by atoms with van der Waals surface area (Å²) in [6.07, 6.45) is 1.05. The van der Waals surface area contributed by atoms with Gasteiger partial charge in [-0.3, -0.25) is 0 Å². The Balaban J connectivity index is 2.06. The van der Waals surface area contributed by atoms with E-state index in [1.165, 1.54) is 4.88 Å². The van der Waals surface area contributed by atoms with Crippen LogP contribution in [0.5, 0.6) is 0 Å². The number of hydrogen-bond acceptors (Lipinski definition) is 4. The summed E-state index contributed by atoms with van der Waals surface area (Å²) in [4.78, 5) is 8.10. The third kappa shape index (κ3) is 1.53. The van der Waals surface area contributed by atoms with Gasteiger partial charge in [0.2, 0.25) is 0 Å². The molecule has 4 heteroatoms. The minimum absolute atomic E-state index is 0.0352. The zero-order chi connectivity index (χ0) is 10.3. The summed E-state index contributed by atoms with van der Waals surface area (Å²) in [5.41, 5.74) is 7.29. The standard InChI is InChI=1S/C10H17N3S/c1-4-10(11)5-13(6-10)9-12-7(2)8(3)14-9/h4-6,11H2,1-3H3. The molecule has 1 aliphatic heterocycles. The lowest BCUT2D eigenvalue weighted by Crippen LogP contribution is -2.67. The Morgan fingerprint density at radius 3 is 2.57 bits per heavy atom. The SMILES string of the molecule is CCC1(N)CN(c2nc(C)c(C)s2)C1. The van der Waals surface area contributed by atoms with Crippen LogP contribution < -0.4 is 10.6 Å². The first-order valence-electron chi connectivity index (χ1n) is 5.02. The van der Waals surface area contributed by atoms with Crippen LogP contribution in [-0.4, -0.2) is 23.6 Å². The summed E-state index contributed by atoms with van der Waals surface area (Å²) in [7, 11) is 0. The van der Waals surface area contributed by atoms with Crippen molar-refractivity contribution in [2.75, 3.05) is 18.0 Å². The normalized spacial score (nSPS) is 19.6. The molecule has 14 heavy (non-hydrogen) atoms. The fourth-order valence-corrected chi connectivity index (χ4v) is 2.57. The molecule has 0 radical (unpaired) electrons. The lowest BCUT2D eigenvalue weighted by Gasteiger charge is -2.47. The fraction of sp³-hybridized carbons (Fsp3) is 0.700. The molecule has 0 atom stereocenters. The van der Waals surface area contributed by atoms with Crippen LogP contribution in [0, 0.1) is 13.8 Å². The van der Waals surface area contributed by atoms with Crippen LogP contribution in [-0.2, 0) is 0 Å². The highest BCUT2D eigenvalue weighted by atomic mass is 32.1. The first kappa shape index (κ1) is 9.93. The number of nitrogens with zero attached hydrogens (tertiary/aromatic N) is 2. The second kappa shape index (κ2) is 3.21. The molecule has 0 aliphatic carbocycles. The zero-order valence-electron chi connectivity index (χ0n) is 9.00. The molecule has 0 unspecified atom stereocenters. The average molecular weight is 211 g/mol. The molecule has 0 saturated carbocycles. The minimum Gasteiger partial charge on any atom is -0.344 e. The Kier molecular flexibility index (Phi) is 2.27. The van der Waals surface area contributed by atoms with E-state index in [4.69, 9.17) is 5.73 Å². The van der Waals surface area contributed by atoms with Crippen molar-refractivity contribution >= 4 is 16.5 Å². The summed E-state index contributed by atoms with van der Waals surface area (Å²) in [5.74, 6) is 0. The molecule has 78 valence electrons.